The molecule has 0 bridgehead atoms. The van der Waals surface area contributed by atoms with E-state index in [0.717, 1.165) is 47.3 Å². The van der Waals surface area contributed by atoms with Gasteiger partial charge in [0.1, 0.15) is 0 Å². The molecule has 0 heterocycles. The van der Waals surface area contributed by atoms with Crippen molar-refractivity contribution in [2.24, 2.45) is 58.2 Å². The van der Waals surface area contributed by atoms with Crippen molar-refractivity contribution in [3.8, 4) is 0 Å². The van der Waals surface area contributed by atoms with Crippen molar-refractivity contribution in [3.63, 3.8) is 0 Å². The maximum atomic E-state index is 2.61. The zero-order valence-electron chi connectivity index (χ0n) is 18.6. The van der Waals surface area contributed by atoms with Crippen LogP contribution >= 0.6 is 0 Å². The van der Waals surface area contributed by atoms with E-state index in [1.54, 1.807) is 0 Å². The van der Waals surface area contributed by atoms with Gasteiger partial charge in [0.25, 0.3) is 0 Å². The Hall–Kier alpha value is 0. The topological polar surface area (TPSA) is 0 Å². The molecule has 0 spiro atoms. The van der Waals surface area contributed by atoms with Crippen LogP contribution in [0.3, 0.4) is 0 Å². The summed E-state index contributed by atoms with van der Waals surface area (Å²) in [7, 11) is 0. The van der Waals surface area contributed by atoms with Crippen LogP contribution < -0.4 is 0 Å². The highest BCUT2D eigenvalue weighted by molar-refractivity contribution is 5.01. The average Bonchev–Trinajstić information content (AvgIpc) is 2.52. The second-order valence-electron chi connectivity index (χ2n) is 12.1. The van der Waals surface area contributed by atoms with Crippen LogP contribution in [-0.2, 0) is 0 Å². The number of rotatable bonds is 7. The molecule has 0 amide bonds. The molecule has 8 unspecified atom stereocenters. The summed E-state index contributed by atoms with van der Waals surface area (Å²) in [6.45, 7) is 20.4. The first-order chi connectivity index (χ1) is 11.6. The highest BCUT2D eigenvalue weighted by Crippen LogP contribution is 2.60. The van der Waals surface area contributed by atoms with E-state index in [4.69, 9.17) is 0 Å². The summed E-state index contributed by atoms with van der Waals surface area (Å²) in [5, 5.41) is 0. The quantitative estimate of drug-likeness (QED) is 0.441. The fraction of sp³-hybridized carbons (Fsp3) is 1.00. The summed E-state index contributed by atoms with van der Waals surface area (Å²) in [5.41, 5.74) is 1.11. The largest absolute Gasteiger partial charge is 0.0651 e. The van der Waals surface area contributed by atoms with Gasteiger partial charge in [-0.2, -0.15) is 0 Å². The zero-order chi connectivity index (χ0) is 18.6. The van der Waals surface area contributed by atoms with E-state index in [1.807, 2.05) is 0 Å². The summed E-state index contributed by atoms with van der Waals surface area (Å²) < 4.78 is 0. The summed E-state index contributed by atoms with van der Waals surface area (Å²) >= 11 is 0. The van der Waals surface area contributed by atoms with Crippen molar-refractivity contribution >= 4 is 0 Å². The molecule has 0 saturated heterocycles. The van der Waals surface area contributed by atoms with E-state index in [9.17, 15) is 0 Å². The molecule has 25 heavy (non-hydrogen) atoms. The van der Waals surface area contributed by atoms with Crippen LogP contribution in [0.25, 0.3) is 0 Å². The molecule has 0 nitrogen and oxygen atoms in total. The van der Waals surface area contributed by atoms with Gasteiger partial charge < -0.3 is 0 Å². The van der Waals surface area contributed by atoms with Crippen molar-refractivity contribution in [1.29, 1.82) is 0 Å². The van der Waals surface area contributed by atoms with Gasteiger partial charge in [-0.15, -0.1) is 0 Å². The molecule has 0 aromatic rings. The first-order valence-corrected chi connectivity index (χ1v) is 11.6. The van der Waals surface area contributed by atoms with Gasteiger partial charge in [0, 0.05) is 0 Å². The molecule has 0 N–H and O–H groups in total. The molecule has 0 heteroatoms. The lowest BCUT2D eigenvalue weighted by atomic mass is 9.47. The van der Waals surface area contributed by atoms with Crippen molar-refractivity contribution in [3.05, 3.63) is 0 Å². The summed E-state index contributed by atoms with van der Waals surface area (Å²) in [4.78, 5) is 0. The SMILES string of the molecule is CCC1C(C)CC1C(C)(C)CC1C(C)CC1C(C)(C)CC1CCC1C. The Labute approximate surface area is 158 Å². The van der Waals surface area contributed by atoms with Gasteiger partial charge in [-0.05, 0) is 90.3 Å². The van der Waals surface area contributed by atoms with Crippen molar-refractivity contribution in [1.82, 2.24) is 0 Å². The number of hydrogen-bond acceptors (Lipinski definition) is 0. The van der Waals surface area contributed by atoms with Gasteiger partial charge in [-0.25, -0.2) is 0 Å². The molecule has 0 aromatic carbocycles. The second-order valence-corrected chi connectivity index (χ2v) is 12.1. The first kappa shape index (κ1) is 19.8. The molecule has 8 atom stereocenters. The Morgan fingerprint density at radius 1 is 0.680 bits per heavy atom. The Kier molecular flexibility index (Phi) is 5.43. The van der Waals surface area contributed by atoms with Gasteiger partial charge in [-0.1, -0.05) is 68.2 Å². The molecule has 3 rings (SSSR count). The van der Waals surface area contributed by atoms with Crippen molar-refractivity contribution in [2.75, 3.05) is 0 Å². The van der Waals surface area contributed by atoms with Crippen LogP contribution in [0.15, 0.2) is 0 Å². The fourth-order valence-electron chi connectivity index (χ4n) is 7.35. The minimum Gasteiger partial charge on any atom is -0.0651 e. The predicted molar refractivity (Wildman–Crippen MR) is 110 cm³/mol. The lowest BCUT2D eigenvalue weighted by molar-refractivity contribution is -0.0898. The molecule has 146 valence electrons. The summed E-state index contributed by atoms with van der Waals surface area (Å²) in [6.07, 6.45) is 10.3. The molecule has 3 fully saturated rings. The van der Waals surface area contributed by atoms with Gasteiger partial charge in [-0.3, -0.25) is 0 Å². The smallest absolute Gasteiger partial charge is 0.0320 e. The van der Waals surface area contributed by atoms with Crippen LogP contribution in [0.4, 0.5) is 0 Å². The molecular weight excluding hydrogens is 300 g/mol. The molecule has 3 aliphatic carbocycles. The maximum Gasteiger partial charge on any atom is -0.0320 e. The highest BCUT2D eigenvalue weighted by Gasteiger charge is 2.52. The third kappa shape index (κ3) is 3.58. The van der Waals surface area contributed by atoms with Gasteiger partial charge >= 0.3 is 0 Å². The molecule has 0 aromatic heterocycles. The second kappa shape index (κ2) is 6.87. The van der Waals surface area contributed by atoms with E-state index in [-0.39, 0.29) is 0 Å². The van der Waals surface area contributed by atoms with E-state index < -0.39 is 0 Å². The third-order valence-corrected chi connectivity index (χ3v) is 9.57. The highest BCUT2D eigenvalue weighted by atomic mass is 14.6. The summed E-state index contributed by atoms with van der Waals surface area (Å²) in [5.74, 6) is 7.88. The monoisotopic (exact) mass is 346 g/mol. The Bertz CT molecular complexity index is 459. The van der Waals surface area contributed by atoms with Gasteiger partial charge in [0.15, 0.2) is 0 Å². The standard InChI is InChI=1S/C25H46/c1-9-20-17(3)12-22(20)25(7,8)15-21-18(4)13-23(21)24(5,6)14-19-11-10-16(19)2/h16-23H,9-15H2,1-8H3. The van der Waals surface area contributed by atoms with Crippen LogP contribution in [0.5, 0.6) is 0 Å². The Morgan fingerprint density at radius 3 is 1.60 bits per heavy atom. The molecule has 0 aliphatic heterocycles. The van der Waals surface area contributed by atoms with Gasteiger partial charge in [0.2, 0.25) is 0 Å². The molecule has 3 saturated carbocycles. The number of hydrogen-bond donors (Lipinski definition) is 0. The minimum atomic E-state index is 0.546. The minimum absolute atomic E-state index is 0.546. The zero-order valence-corrected chi connectivity index (χ0v) is 18.6. The van der Waals surface area contributed by atoms with Crippen LogP contribution in [0.1, 0.15) is 100 Å². The summed E-state index contributed by atoms with van der Waals surface area (Å²) in [6, 6.07) is 0. The Balaban J connectivity index is 1.62. The van der Waals surface area contributed by atoms with E-state index in [2.05, 4.69) is 55.4 Å². The van der Waals surface area contributed by atoms with Gasteiger partial charge in [0.05, 0.1) is 0 Å². The van der Waals surface area contributed by atoms with Crippen LogP contribution in [-0.4, -0.2) is 0 Å². The predicted octanol–water partition coefficient (Wildman–Crippen LogP) is 7.82. The third-order valence-electron chi connectivity index (χ3n) is 9.57. The average molecular weight is 347 g/mol. The lowest BCUT2D eigenvalue weighted by Crippen LogP contribution is -2.50. The molecule has 3 aliphatic rings. The van der Waals surface area contributed by atoms with Crippen LogP contribution in [0, 0.1) is 58.2 Å². The first-order valence-electron chi connectivity index (χ1n) is 11.6. The maximum absolute atomic E-state index is 2.61. The normalized spacial score (nSPS) is 44.6. The molecule has 0 radical (unpaired) electrons. The van der Waals surface area contributed by atoms with Crippen molar-refractivity contribution < 1.29 is 0 Å². The fourth-order valence-corrected chi connectivity index (χ4v) is 7.35. The van der Waals surface area contributed by atoms with E-state index >= 15 is 0 Å². The molecular formula is C25H46. The van der Waals surface area contributed by atoms with Crippen molar-refractivity contribution in [2.45, 2.75) is 100 Å². The Morgan fingerprint density at radius 2 is 1.20 bits per heavy atom. The van der Waals surface area contributed by atoms with Crippen LogP contribution in [0.2, 0.25) is 0 Å². The van der Waals surface area contributed by atoms with E-state index in [0.29, 0.717) is 10.8 Å². The van der Waals surface area contributed by atoms with E-state index in [1.165, 1.54) is 44.9 Å². The lowest BCUT2D eigenvalue weighted by Gasteiger charge is -2.58.